The minimum absolute atomic E-state index is 0.353. The molecule has 1 atom stereocenters. The molecule has 1 amide bonds. The lowest BCUT2D eigenvalue weighted by Crippen LogP contribution is -2.35. The minimum atomic E-state index is -0.760. The third kappa shape index (κ3) is 17.5. The Morgan fingerprint density at radius 1 is 0.784 bits per heavy atom. The number of methoxy groups -OCH3 is 1. The Labute approximate surface area is 223 Å². The van der Waals surface area contributed by atoms with Crippen LogP contribution in [-0.2, 0) is 9.53 Å². The van der Waals surface area contributed by atoms with Crippen LogP contribution in [0.4, 0.5) is 0 Å². The number of unbranched alkanes of at least 4 members (excludes halogenated alkanes) is 7. The Morgan fingerprint density at radius 2 is 1.32 bits per heavy atom. The topological polar surface area (TPSA) is 64.6 Å². The van der Waals surface area contributed by atoms with Crippen molar-refractivity contribution in [2.45, 2.75) is 71.4 Å². The van der Waals surface area contributed by atoms with Crippen molar-refractivity contribution < 1.29 is 19.1 Å². The second-order valence-corrected chi connectivity index (χ2v) is 8.52. The van der Waals surface area contributed by atoms with Crippen LogP contribution in [0.2, 0.25) is 0 Å². The normalized spacial score (nSPS) is 13.1. The molecule has 1 rings (SSSR count). The molecule has 0 aliphatic carbocycles. The van der Waals surface area contributed by atoms with Crippen LogP contribution >= 0.6 is 0 Å². The Kier molecular flexibility index (Phi) is 18.4. The van der Waals surface area contributed by atoms with E-state index in [2.05, 4.69) is 24.4 Å². The Balaban J connectivity index is 2.17. The van der Waals surface area contributed by atoms with Crippen LogP contribution < -0.4 is 10.1 Å². The van der Waals surface area contributed by atoms with Gasteiger partial charge in [-0.25, -0.2) is 4.79 Å². The third-order valence-corrected chi connectivity index (χ3v) is 5.31. The first-order valence-corrected chi connectivity index (χ1v) is 13.2. The summed E-state index contributed by atoms with van der Waals surface area (Å²) in [5.41, 5.74) is 0.381. The molecular formula is C32H43NO4. The molecule has 37 heavy (non-hydrogen) atoms. The van der Waals surface area contributed by atoms with Crippen molar-refractivity contribution in [3.63, 3.8) is 0 Å². The van der Waals surface area contributed by atoms with Crippen molar-refractivity contribution in [2.24, 2.45) is 0 Å². The van der Waals surface area contributed by atoms with Crippen molar-refractivity contribution in [2.75, 3.05) is 7.11 Å². The largest absolute Gasteiger partial charge is 0.497 e. The van der Waals surface area contributed by atoms with Gasteiger partial charge in [-0.1, -0.05) is 112 Å². The van der Waals surface area contributed by atoms with Crippen LogP contribution in [-0.4, -0.2) is 25.2 Å². The Bertz CT molecular complexity index is 936. The summed E-state index contributed by atoms with van der Waals surface area (Å²) in [4.78, 5) is 24.1. The van der Waals surface area contributed by atoms with Gasteiger partial charge in [0, 0.05) is 6.08 Å². The molecule has 0 aliphatic rings. The van der Waals surface area contributed by atoms with Crippen LogP contribution in [0.5, 0.6) is 5.75 Å². The standard InChI is InChI=1S/C32H43NO4/c1-4-5-6-7-8-9-10-11-12-13-14-15-16-17-18-19-20-21-22-23-31(34)33-28(2)37-32(35)29-24-26-30(36-3)27-25-29/h12-28H,4-11H2,1-3H3,(H,33,34). The number of ether oxygens (including phenoxy) is 2. The third-order valence-electron chi connectivity index (χ3n) is 5.31. The Morgan fingerprint density at radius 3 is 1.92 bits per heavy atom. The molecule has 1 N–H and O–H groups in total. The molecule has 1 aromatic carbocycles. The second kappa shape index (κ2) is 21.7. The number of nitrogens with one attached hydrogen (secondary N) is 1. The van der Waals surface area contributed by atoms with Crippen molar-refractivity contribution in [1.82, 2.24) is 5.32 Å². The van der Waals surface area contributed by atoms with Crippen LogP contribution in [0, 0.1) is 0 Å². The maximum absolute atomic E-state index is 12.1. The number of allylic oxidation sites excluding steroid dienone is 11. The molecule has 0 heterocycles. The fourth-order valence-corrected chi connectivity index (χ4v) is 3.28. The summed E-state index contributed by atoms with van der Waals surface area (Å²) in [5.74, 6) is -0.226. The average molecular weight is 506 g/mol. The molecule has 1 unspecified atom stereocenters. The maximum Gasteiger partial charge on any atom is 0.340 e. The molecule has 5 heteroatoms. The highest BCUT2D eigenvalue weighted by molar-refractivity contribution is 5.90. The predicted octanol–water partition coefficient (Wildman–Crippen LogP) is 7.79. The number of carbonyl (C=O) groups excluding carboxylic acids is 2. The number of benzene rings is 1. The SMILES string of the molecule is CCCCCCCCCC=CC=CC=CC=CC=CC=CC(=O)NC(C)OC(=O)c1ccc(OC)cc1. The predicted molar refractivity (Wildman–Crippen MR) is 153 cm³/mol. The van der Waals surface area contributed by atoms with Crippen LogP contribution in [0.1, 0.15) is 75.6 Å². The lowest BCUT2D eigenvalue weighted by molar-refractivity contribution is -0.119. The summed E-state index contributed by atoms with van der Waals surface area (Å²) in [6, 6.07) is 6.56. The van der Waals surface area contributed by atoms with E-state index in [1.807, 2.05) is 42.5 Å². The Hall–Kier alpha value is -3.60. The van der Waals surface area contributed by atoms with Crippen molar-refractivity contribution in [3.05, 3.63) is 103 Å². The van der Waals surface area contributed by atoms with E-state index in [1.165, 1.54) is 51.0 Å². The molecule has 1 aromatic rings. The number of hydrogen-bond donors (Lipinski definition) is 1. The lowest BCUT2D eigenvalue weighted by atomic mass is 10.1. The van der Waals surface area contributed by atoms with Crippen molar-refractivity contribution >= 4 is 11.9 Å². The van der Waals surface area contributed by atoms with Gasteiger partial charge in [0.2, 0.25) is 5.91 Å². The van der Waals surface area contributed by atoms with E-state index in [9.17, 15) is 9.59 Å². The summed E-state index contributed by atoms with van der Waals surface area (Å²) in [6.45, 7) is 3.85. The van der Waals surface area contributed by atoms with Gasteiger partial charge in [-0.2, -0.15) is 0 Å². The van der Waals surface area contributed by atoms with E-state index in [0.717, 1.165) is 6.42 Å². The molecule has 5 nitrogen and oxygen atoms in total. The van der Waals surface area contributed by atoms with E-state index in [4.69, 9.17) is 9.47 Å². The summed E-state index contributed by atoms with van der Waals surface area (Å²) in [7, 11) is 1.55. The smallest absolute Gasteiger partial charge is 0.340 e. The number of amides is 1. The van der Waals surface area contributed by atoms with Gasteiger partial charge in [0.25, 0.3) is 0 Å². The fraction of sp³-hybridized carbons (Fsp3) is 0.375. The molecule has 0 saturated carbocycles. The first-order valence-electron chi connectivity index (χ1n) is 13.2. The van der Waals surface area contributed by atoms with Crippen molar-refractivity contribution in [3.8, 4) is 5.75 Å². The molecule has 0 aliphatic heterocycles. The van der Waals surface area contributed by atoms with Gasteiger partial charge >= 0.3 is 5.97 Å². The van der Waals surface area contributed by atoms with Crippen LogP contribution in [0.3, 0.4) is 0 Å². The van der Waals surface area contributed by atoms with Crippen LogP contribution in [0.15, 0.2) is 97.2 Å². The van der Waals surface area contributed by atoms with E-state index in [1.54, 1.807) is 50.5 Å². The number of hydrogen-bond acceptors (Lipinski definition) is 4. The first kappa shape index (κ1) is 31.4. The highest BCUT2D eigenvalue weighted by Crippen LogP contribution is 2.12. The van der Waals surface area contributed by atoms with Gasteiger partial charge in [0.05, 0.1) is 12.7 Å². The highest BCUT2D eigenvalue weighted by Gasteiger charge is 2.13. The second-order valence-electron chi connectivity index (χ2n) is 8.52. The zero-order valence-corrected chi connectivity index (χ0v) is 22.6. The molecule has 0 saturated heterocycles. The zero-order chi connectivity index (χ0) is 27.0. The molecule has 0 spiro atoms. The highest BCUT2D eigenvalue weighted by atomic mass is 16.6. The molecular weight excluding hydrogens is 462 g/mol. The monoisotopic (exact) mass is 505 g/mol. The molecule has 0 radical (unpaired) electrons. The van der Waals surface area contributed by atoms with E-state index < -0.39 is 12.2 Å². The molecule has 0 bridgehead atoms. The fourth-order valence-electron chi connectivity index (χ4n) is 3.28. The van der Waals surface area contributed by atoms with Gasteiger partial charge in [-0.05, 0) is 44.0 Å². The first-order chi connectivity index (χ1) is 18.1. The number of esters is 1. The minimum Gasteiger partial charge on any atom is -0.497 e. The summed E-state index contributed by atoms with van der Waals surface area (Å²) in [6.07, 6.45) is 32.4. The van der Waals surface area contributed by atoms with E-state index in [-0.39, 0.29) is 5.91 Å². The quantitative estimate of drug-likeness (QED) is 0.0727. The van der Waals surface area contributed by atoms with Gasteiger partial charge in [-0.15, -0.1) is 0 Å². The number of rotatable bonds is 18. The molecule has 0 aromatic heterocycles. The van der Waals surface area contributed by atoms with Gasteiger partial charge in [0.15, 0.2) is 6.23 Å². The lowest BCUT2D eigenvalue weighted by Gasteiger charge is -2.13. The zero-order valence-electron chi connectivity index (χ0n) is 22.6. The summed E-state index contributed by atoms with van der Waals surface area (Å²) >= 11 is 0. The van der Waals surface area contributed by atoms with E-state index in [0.29, 0.717) is 11.3 Å². The van der Waals surface area contributed by atoms with Gasteiger partial charge in [0.1, 0.15) is 5.75 Å². The van der Waals surface area contributed by atoms with Crippen molar-refractivity contribution in [1.29, 1.82) is 0 Å². The summed E-state index contributed by atoms with van der Waals surface area (Å²) < 4.78 is 10.3. The average Bonchev–Trinajstić information content (AvgIpc) is 2.89. The molecule has 0 fully saturated rings. The van der Waals surface area contributed by atoms with Gasteiger partial charge in [-0.3, -0.25) is 4.79 Å². The molecule has 200 valence electrons. The van der Waals surface area contributed by atoms with E-state index >= 15 is 0 Å². The van der Waals surface area contributed by atoms with Crippen LogP contribution in [0.25, 0.3) is 0 Å². The maximum atomic E-state index is 12.1. The summed E-state index contributed by atoms with van der Waals surface area (Å²) in [5, 5.41) is 2.59. The van der Waals surface area contributed by atoms with Gasteiger partial charge < -0.3 is 14.8 Å². The number of carbonyl (C=O) groups is 2.